The van der Waals surface area contributed by atoms with E-state index < -0.39 is 0 Å². The lowest BCUT2D eigenvalue weighted by Crippen LogP contribution is -2.13. The van der Waals surface area contributed by atoms with E-state index in [9.17, 15) is 4.79 Å². The summed E-state index contributed by atoms with van der Waals surface area (Å²) in [5.74, 6) is 1.04. The minimum atomic E-state index is -0.189. The van der Waals surface area contributed by atoms with Crippen LogP contribution in [0.25, 0.3) is 0 Å². The predicted octanol–water partition coefficient (Wildman–Crippen LogP) is 5.74. The average Bonchev–Trinajstić information content (AvgIpc) is 2.73. The maximum Gasteiger partial charge on any atom is 0.255 e. The van der Waals surface area contributed by atoms with Crippen molar-refractivity contribution >= 4 is 23.2 Å². The van der Waals surface area contributed by atoms with Crippen LogP contribution in [0.15, 0.2) is 66.7 Å². The molecule has 0 aliphatic carbocycles. The molecule has 0 saturated carbocycles. The van der Waals surface area contributed by atoms with Gasteiger partial charge in [-0.25, -0.2) is 0 Å². The van der Waals surface area contributed by atoms with Crippen molar-refractivity contribution < 1.29 is 14.3 Å². The van der Waals surface area contributed by atoms with E-state index >= 15 is 0 Å². The van der Waals surface area contributed by atoms with Crippen LogP contribution in [0.4, 0.5) is 5.69 Å². The van der Waals surface area contributed by atoms with Crippen LogP contribution in [0.5, 0.6) is 11.5 Å². The van der Waals surface area contributed by atoms with E-state index in [-0.39, 0.29) is 12.5 Å². The van der Waals surface area contributed by atoms with Gasteiger partial charge in [0.05, 0.1) is 12.1 Å². The summed E-state index contributed by atoms with van der Waals surface area (Å²) in [6.45, 7) is 2.33. The van der Waals surface area contributed by atoms with Crippen LogP contribution in [0.3, 0.4) is 0 Å². The van der Waals surface area contributed by atoms with Gasteiger partial charge in [0.2, 0.25) is 0 Å². The summed E-state index contributed by atoms with van der Waals surface area (Å²) in [4.78, 5) is 12.6. The lowest BCUT2D eigenvalue weighted by molar-refractivity contribution is 0.102. The zero-order valence-corrected chi connectivity index (χ0v) is 16.6. The topological polar surface area (TPSA) is 47.6 Å². The first-order chi connectivity index (χ1) is 13.6. The fourth-order valence-corrected chi connectivity index (χ4v) is 2.97. The van der Waals surface area contributed by atoms with E-state index in [1.165, 1.54) is 5.56 Å². The number of aryl methyl sites for hydroxylation is 1. The van der Waals surface area contributed by atoms with Crippen molar-refractivity contribution in [3.63, 3.8) is 0 Å². The molecule has 3 aromatic rings. The smallest absolute Gasteiger partial charge is 0.255 e. The number of para-hydroxylation sites is 1. The average molecular weight is 396 g/mol. The molecule has 0 saturated heterocycles. The Labute approximate surface area is 170 Å². The van der Waals surface area contributed by atoms with Crippen LogP contribution in [0.1, 0.15) is 28.4 Å². The molecule has 1 amide bonds. The normalized spacial score (nSPS) is 10.4. The molecule has 3 rings (SSSR count). The predicted molar refractivity (Wildman–Crippen MR) is 113 cm³/mol. The highest BCUT2D eigenvalue weighted by Crippen LogP contribution is 2.27. The van der Waals surface area contributed by atoms with Gasteiger partial charge in [-0.2, -0.15) is 0 Å². The number of halogens is 1. The summed E-state index contributed by atoms with van der Waals surface area (Å²) in [5.41, 5.74) is 3.27. The minimum absolute atomic E-state index is 0.189. The summed E-state index contributed by atoms with van der Waals surface area (Å²) in [5, 5.41) is 3.45. The number of hydrogen-bond acceptors (Lipinski definition) is 3. The van der Waals surface area contributed by atoms with Crippen LogP contribution in [-0.2, 0) is 13.0 Å². The van der Waals surface area contributed by atoms with E-state index in [0.29, 0.717) is 22.1 Å². The lowest BCUT2D eigenvalue weighted by atomic mass is 10.1. The van der Waals surface area contributed by atoms with Gasteiger partial charge in [0.25, 0.3) is 5.91 Å². The van der Waals surface area contributed by atoms with Gasteiger partial charge in [-0.15, -0.1) is 0 Å². The first-order valence-corrected chi connectivity index (χ1v) is 9.43. The highest BCUT2D eigenvalue weighted by atomic mass is 35.5. The lowest BCUT2D eigenvalue weighted by Gasteiger charge is -2.13. The minimum Gasteiger partial charge on any atom is -0.496 e. The van der Waals surface area contributed by atoms with Crippen LogP contribution in [0, 0.1) is 0 Å². The Morgan fingerprint density at radius 3 is 2.43 bits per heavy atom. The molecule has 0 fully saturated rings. The molecule has 0 aromatic heterocycles. The molecule has 0 atom stereocenters. The Hall–Kier alpha value is -2.98. The van der Waals surface area contributed by atoms with Gasteiger partial charge in [-0.05, 0) is 54.4 Å². The Morgan fingerprint density at radius 2 is 1.75 bits per heavy atom. The van der Waals surface area contributed by atoms with Gasteiger partial charge in [0.1, 0.15) is 18.1 Å². The Bertz CT molecular complexity index is 954. The summed E-state index contributed by atoms with van der Waals surface area (Å²) in [6.07, 6.45) is 0.960. The van der Waals surface area contributed by atoms with Gasteiger partial charge in [-0.3, -0.25) is 4.79 Å². The van der Waals surface area contributed by atoms with E-state index in [0.717, 1.165) is 17.7 Å². The van der Waals surface area contributed by atoms with Crippen LogP contribution in [-0.4, -0.2) is 13.0 Å². The second kappa shape index (κ2) is 9.29. The Balaban J connectivity index is 1.75. The standard InChI is InChI=1S/C23H22ClNO3/c1-3-16-8-11-19(12-9-16)25-23(26)17-10-13-21(27-2)18(14-17)15-28-22-7-5-4-6-20(22)24/h4-14H,3,15H2,1-2H3,(H,25,26). The van der Waals surface area contributed by atoms with Crippen molar-refractivity contribution in [2.45, 2.75) is 20.0 Å². The number of methoxy groups -OCH3 is 1. The molecule has 28 heavy (non-hydrogen) atoms. The summed E-state index contributed by atoms with van der Waals surface area (Å²) in [6, 6.07) is 20.3. The first-order valence-electron chi connectivity index (χ1n) is 9.05. The van der Waals surface area contributed by atoms with Crippen molar-refractivity contribution in [2.24, 2.45) is 0 Å². The number of hydrogen-bond donors (Lipinski definition) is 1. The first kappa shape index (κ1) is 19.8. The van der Waals surface area contributed by atoms with Crippen molar-refractivity contribution in [3.8, 4) is 11.5 Å². The van der Waals surface area contributed by atoms with E-state index in [2.05, 4.69) is 12.2 Å². The quantitative estimate of drug-likeness (QED) is 0.554. The number of nitrogens with one attached hydrogen (secondary N) is 1. The third-order valence-corrected chi connectivity index (χ3v) is 4.69. The van der Waals surface area contributed by atoms with Crippen LogP contribution < -0.4 is 14.8 Å². The fourth-order valence-electron chi connectivity index (χ4n) is 2.78. The highest BCUT2D eigenvalue weighted by molar-refractivity contribution is 6.32. The maximum atomic E-state index is 12.6. The third-order valence-electron chi connectivity index (χ3n) is 4.38. The number of amides is 1. The molecule has 5 heteroatoms. The molecule has 0 aliphatic heterocycles. The van der Waals surface area contributed by atoms with Crippen molar-refractivity contribution in [2.75, 3.05) is 12.4 Å². The van der Waals surface area contributed by atoms with Gasteiger partial charge in [0, 0.05) is 16.8 Å². The van der Waals surface area contributed by atoms with E-state index in [1.54, 1.807) is 37.4 Å². The number of carbonyl (C=O) groups is 1. The molecule has 144 valence electrons. The molecule has 0 radical (unpaired) electrons. The number of carbonyl (C=O) groups excluding carboxylic acids is 1. The summed E-state index contributed by atoms with van der Waals surface area (Å²) >= 11 is 6.14. The van der Waals surface area contributed by atoms with Crippen molar-refractivity contribution in [1.29, 1.82) is 0 Å². The molecule has 0 unspecified atom stereocenters. The van der Waals surface area contributed by atoms with E-state index in [1.807, 2.05) is 36.4 Å². The summed E-state index contributed by atoms with van der Waals surface area (Å²) < 4.78 is 11.2. The second-order valence-corrected chi connectivity index (χ2v) is 6.66. The Kier molecular flexibility index (Phi) is 6.56. The molecule has 0 heterocycles. The molecule has 0 bridgehead atoms. The largest absolute Gasteiger partial charge is 0.496 e. The van der Waals surface area contributed by atoms with Gasteiger partial charge in [0.15, 0.2) is 0 Å². The van der Waals surface area contributed by atoms with Gasteiger partial charge >= 0.3 is 0 Å². The third kappa shape index (κ3) is 4.84. The maximum absolute atomic E-state index is 12.6. The molecular weight excluding hydrogens is 374 g/mol. The molecule has 3 aromatic carbocycles. The number of benzene rings is 3. The van der Waals surface area contributed by atoms with E-state index in [4.69, 9.17) is 21.1 Å². The molecule has 4 nitrogen and oxygen atoms in total. The zero-order valence-electron chi connectivity index (χ0n) is 15.9. The molecule has 1 N–H and O–H groups in total. The number of anilines is 1. The molecular formula is C23H22ClNO3. The SMILES string of the molecule is CCc1ccc(NC(=O)c2ccc(OC)c(COc3ccccc3Cl)c2)cc1. The Morgan fingerprint density at radius 1 is 1.00 bits per heavy atom. The summed E-state index contributed by atoms with van der Waals surface area (Å²) in [7, 11) is 1.59. The highest BCUT2D eigenvalue weighted by Gasteiger charge is 2.12. The number of rotatable bonds is 7. The van der Waals surface area contributed by atoms with Gasteiger partial charge < -0.3 is 14.8 Å². The molecule has 0 spiro atoms. The van der Waals surface area contributed by atoms with Crippen molar-refractivity contribution in [1.82, 2.24) is 0 Å². The van der Waals surface area contributed by atoms with Crippen LogP contribution in [0.2, 0.25) is 5.02 Å². The van der Waals surface area contributed by atoms with Crippen molar-refractivity contribution in [3.05, 3.63) is 88.4 Å². The molecule has 0 aliphatic rings. The fraction of sp³-hybridized carbons (Fsp3) is 0.174. The zero-order chi connectivity index (χ0) is 19.9. The number of ether oxygens (including phenoxy) is 2. The van der Waals surface area contributed by atoms with Gasteiger partial charge in [-0.1, -0.05) is 42.8 Å². The van der Waals surface area contributed by atoms with Crippen LogP contribution >= 0.6 is 11.6 Å². The second-order valence-electron chi connectivity index (χ2n) is 6.25. The monoisotopic (exact) mass is 395 g/mol.